The number of ketones is 1. The van der Waals surface area contributed by atoms with Crippen LogP contribution in [0.5, 0.6) is 0 Å². The van der Waals surface area contributed by atoms with Crippen molar-refractivity contribution in [1.82, 2.24) is 9.78 Å². The van der Waals surface area contributed by atoms with E-state index in [0.717, 1.165) is 22.9 Å². The molecule has 2 heterocycles. The van der Waals surface area contributed by atoms with E-state index < -0.39 is 0 Å². The Kier molecular flexibility index (Phi) is 3.66. The molecule has 0 aliphatic carbocycles. The normalized spacial score (nSPS) is 21.0. The van der Waals surface area contributed by atoms with Crippen molar-refractivity contribution in [3.05, 3.63) is 17.5 Å². The van der Waals surface area contributed by atoms with Gasteiger partial charge in [-0.25, -0.2) is 0 Å². The van der Waals surface area contributed by atoms with Crippen molar-refractivity contribution in [2.24, 2.45) is 7.05 Å². The second-order valence-electron chi connectivity index (χ2n) is 3.98. The molecule has 1 saturated heterocycles. The zero-order valence-corrected chi connectivity index (χ0v) is 10.4. The van der Waals surface area contributed by atoms with Crippen molar-refractivity contribution in [2.45, 2.75) is 19.4 Å². The SMILES string of the molecule is Cc1cc(CC(=O)C2CSCCO2)n(C)n1. The number of aryl methyl sites for hydroxylation is 2. The summed E-state index contributed by atoms with van der Waals surface area (Å²) in [6, 6.07) is 1.95. The number of ether oxygens (including phenoxy) is 1. The van der Waals surface area contributed by atoms with E-state index in [-0.39, 0.29) is 11.9 Å². The first kappa shape index (κ1) is 11.7. The molecule has 0 amide bonds. The standard InChI is InChI=1S/C11H16N2O2S/c1-8-5-9(13(2)12-8)6-10(14)11-7-16-4-3-15-11/h5,11H,3-4,6-7H2,1-2H3. The summed E-state index contributed by atoms with van der Waals surface area (Å²) in [6.45, 7) is 2.62. The van der Waals surface area contributed by atoms with Crippen LogP contribution >= 0.6 is 11.8 Å². The van der Waals surface area contributed by atoms with Gasteiger partial charge in [-0.15, -0.1) is 0 Å². The number of Topliss-reactive ketones (excluding diaryl/α,β-unsaturated/α-hetero) is 1. The van der Waals surface area contributed by atoms with E-state index in [9.17, 15) is 4.79 Å². The van der Waals surface area contributed by atoms with Crippen LogP contribution in [0.25, 0.3) is 0 Å². The number of rotatable bonds is 3. The molecule has 0 radical (unpaired) electrons. The zero-order chi connectivity index (χ0) is 11.5. The fraction of sp³-hybridized carbons (Fsp3) is 0.636. The molecule has 1 atom stereocenters. The fourth-order valence-electron chi connectivity index (χ4n) is 1.80. The van der Waals surface area contributed by atoms with Gasteiger partial charge in [0.05, 0.1) is 18.7 Å². The van der Waals surface area contributed by atoms with Gasteiger partial charge in [0.1, 0.15) is 6.10 Å². The largest absolute Gasteiger partial charge is 0.369 e. The van der Waals surface area contributed by atoms with E-state index in [0.29, 0.717) is 13.0 Å². The number of nitrogens with zero attached hydrogens (tertiary/aromatic N) is 2. The Morgan fingerprint density at radius 2 is 2.56 bits per heavy atom. The van der Waals surface area contributed by atoms with Crippen LogP contribution in [0, 0.1) is 6.92 Å². The van der Waals surface area contributed by atoms with Crippen molar-refractivity contribution in [1.29, 1.82) is 0 Å². The van der Waals surface area contributed by atoms with Gasteiger partial charge in [-0.3, -0.25) is 9.48 Å². The van der Waals surface area contributed by atoms with Crippen LogP contribution in [0.3, 0.4) is 0 Å². The van der Waals surface area contributed by atoms with Crippen LogP contribution in [0.1, 0.15) is 11.4 Å². The van der Waals surface area contributed by atoms with Gasteiger partial charge in [-0.05, 0) is 13.0 Å². The van der Waals surface area contributed by atoms with E-state index in [1.54, 1.807) is 16.4 Å². The van der Waals surface area contributed by atoms with Gasteiger partial charge in [-0.1, -0.05) is 0 Å². The molecule has 0 aromatic carbocycles. The van der Waals surface area contributed by atoms with Crippen LogP contribution in [0.15, 0.2) is 6.07 Å². The Labute approximate surface area is 99.4 Å². The summed E-state index contributed by atoms with van der Waals surface area (Å²) in [5.41, 5.74) is 1.91. The van der Waals surface area contributed by atoms with E-state index in [4.69, 9.17) is 4.74 Å². The lowest BCUT2D eigenvalue weighted by Gasteiger charge is -2.20. The average Bonchev–Trinajstić information content (AvgIpc) is 2.59. The second-order valence-corrected chi connectivity index (χ2v) is 5.13. The molecule has 0 spiro atoms. The third-order valence-corrected chi connectivity index (χ3v) is 3.62. The monoisotopic (exact) mass is 240 g/mol. The minimum absolute atomic E-state index is 0.162. The molecule has 4 nitrogen and oxygen atoms in total. The zero-order valence-electron chi connectivity index (χ0n) is 9.60. The molecule has 1 aliphatic rings. The van der Waals surface area contributed by atoms with Gasteiger partial charge in [0, 0.05) is 24.2 Å². The van der Waals surface area contributed by atoms with Crippen molar-refractivity contribution < 1.29 is 9.53 Å². The molecule has 88 valence electrons. The summed E-state index contributed by atoms with van der Waals surface area (Å²) in [4.78, 5) is 11.9. The Bertz CT molecular complexity index is 383. The third kappa shape index (κ3) is 2.65. The van der Waals surface area contributed by atoms with Gasteiger partial charge < -0.3 is 4.74 Å². The quantitative estimate of drug-likeness (QED) is 0.790. The van der Waals surface area contributed by atoms with Crippen LogP contribution in [-0.4, -0.2) is 39.8 Å². The minimum Gasteiger partial charge on any atom is -0.369 e. The van der Waals surface area contributed by atoms with Crippen LogP contribution < -0.4 is 0 Å². The van der Waals surface area contributed by atoms with Crippen LogP contribution in [0.2, 0.25) is 0 Å². The molecule has 2 rings (SSSR count). The lowest BCUT2D eigenvalue weighted by atomic mass is 10.1. The highest BCUT2D eigenvalue weighted by atomic mass is 32.2. The Morgan fingerprint density at radius 1 is 1.75 bits per heavy atom. The summed E-state index contributed by atoms with van der Waals surface area (Å²) in [7, 11) is 1.87. The highest BCUT2D eigenvalue weighted by Gasteiger charge is 2.23. The van der Waals surface area contributed by atoms with Gasteiger partial charge in [0.15, 0.2) is 5.78 Å². The van der Waals surface area contributed by atoms with Crippen molar-refractivity contribution in [3.8, 4) is 0 Å². The Balaban J connectivity index is 1.98. The van der Waals surface area contributed by atoms with E-state index in [2.05, 4.69) is 5.10 Å². The first-order chi connectivity index (χ1) is 7.66. The first-order valence-electron chi connectivity index (χ1n) is 5.38. The molecule has 0 N–H and O–H groups in total. The predicted octanol–water partition coefficient (Wildman–Crippen LogP) is 0.972. The fourth-order valence-corrected chi connectivity index (χ4v) is 2.67. The van der Waals surface area contributed by atoms with E-state index in [1.807, 2.05) is 20.0 Å². The van der Waals surface area contributed by atoms with Gasteiger partial charge in [0.25, 0.3) is 0 Å². The van der Waals surface area contributed by atoms with E-state index in [1.165, 1.54) is 0 Å². The van der Waals surface area contributed by atoms with Gasteiger partial charge in [0.2, 0.25) is 0 Å². The maximum absolute atomic E-state index is 11.9. The maximum atomic E-state index is 11.9. The van der Waals surface area contributed by atoms with Crippen LogP contribution in [-0.2, 0) is 23.0 Å². The van der Waals surface area contributed by atoms with Gasteiger partial charge in [-0.2, -0.15) is 16.9 Å². The predicted molar refractivity (Wildman–Crippen MR) is 63.7 cm³/mol. The number of hydrogen-bond acceptors (Lipinski definition) is 4. The summed E-state index contributed by atoms with van der Waals surface area (Å²) in [6.07, 6.45) is 0.191. The molecule has 1 fully saturated rings. The molecular weight excluding hydrogens is 224 g/mol. The van der Waals surface area contributed by atoms with Gasteiger partial charge >= 0.3 is 0 Å². The minimum atomic E-state index is -0.228. The Hall–Kier alpha value is -0.810. The summed E-state index contributed by atoms with van der Waals surface area (Å²) in [5.74, 6) is 1.94. The molecule has 1 aromatic heterocycles. The number of hydrogen-bond donors (Lipinski definition) is 0. The van der Waals surface area contributed by atoms with E-state index >= 15 is 0 Å². The lowest BCUT2D eigenvalue weighted by Crippen LogP contribution is -2.33. The van der Waals surface area contributed by atoms with Crippen molar-refractivity contribution >= 4 is 17.5 Å². The molecular formula is C11H16N2O2S. The first-order valence-corrected chi connectivity index (χ1v) is 6.54. The molecule has 0 saturated carbocycles. The lowest BCUT2D eigenvalue weighted by molar-refractivity contribution is -0.128. The number of carbonyl (C=O) groups is 1. The smallest absolute Gasteiger partial charge is 0.168 e. The summed E-state index contributed by atoms with van der Waals surface area (Å²) >= 11 is 1.78. The summed E-state index contributed by atoms with van der Waals surface area (Å²) in [5, 5.41) is 4.23. The maximum Gasteiger partial charge on any atom is 0.168 e. The summed E-state index contributed by atoms with van der Waals surface area (Å²) < 4.78 is 7.23. The molecule has 1 unspecified atom stereocenters. The topological polar surface area (TPSA) is 44.1 Å². The molecule has 0 bridgehead atoms. The number of aromatic nitrogens is 2. The highest BCUT2D eigenvalue weighted by molar-refractivity contribution is 7.99. The molecule has 1 aromatic rings. The third-order valence-electron chi connectivity index (χ3n) is 2.63. The van der Waals surface area contributed by atoms with Crippen molar-refractivity contribution in [2.75, 3.05) is 18.1 Å². The average molecular weight is 240 g/mol. The van der Waals surface area contributed by atoms with Crippen molar-refractivity contribution in [3.63, 3.8) is 0 Å². The molecule has 1 aliphatic heterocycles. The molecule has 16 heavy (non-hydrogen) atoms. The Morgan fingerprint density at radius 3 is 3.12 bits per heavy atom. The highest BCUT2D eigenvalue weighted by Crippen LogP contribution is 2.15. The second kappa shape index (κ2) is 5.01. The number of thioether (sulfide) groups is 1. The molecule has 5 heteroatoms. The van der Waals surface area contributed by atoms with Crippen LogP contribution in [0.4, 0.5) is 0 Å². The number of carbonyl (C=O) groups excluding carboxylic acids is 1.